The molecule has 0 radical (unpaired) electrons. The van der Waals surface area contributed by atoms with E-state index in [-0.39, 0.29) is 0 Å². The highest BCUT2D eigenvalue weighted by Gasteiger charge is 2.09. The number of hydrogen-bond acceptors (Lipinski definition) is 5. The Morgan fingerprint density at radius 2 is 1.80 bits per heavy atom. The van der Waals surface area contributed by atoms with Gasteiger partial charge in [-0.2, -0.15) is 5.10 Å². The highest BCUT2D eigenvalue weighted by Crippen LogP contribution is 2.28. The van der Waals surface area contributed by atoms with Crippen molar-refractivity contribution >= 4 is 60.9 Å². The average molecular weight is 452 g/mol. The summed E-state index contributed by atoms with van der Waals surface area (Å²) in [4.78, 5) is 4.58. The molecule has 1 N–H and O–H groups in total. The topological polar surface area (TPSA) is 50.4 Å². The van der Waals surface area contributed by atoms with Crippen molar-refractivity contribution in [1.29, 1.82) is 0 Å². The molecule has 0 fully saturated rings. The van der Waals surface area contributed by atoms with Gasteiger partial charge in [0.15, 0.2) is 0 Å². The van der Waals surface area contributed by atoms with Crippen LogP contribution < -0.4 is 10.8 Å². The van der Waals surface area contributed by atoms with Crippen LogP contribution in [0.5, 0.6) is 0 Å². The highest BCUT2D eigenvalue weighted by atomic mass is 35.5. The zero-order valence-corrected chi connectivity index (χ0v) is 18.1. The van der Waals surface area contributed by atoms with Crippen molar-refractivity contribution in [2.45, 2.75) is 6.92 Å². The number of halogens is 2. The zero-order valence-electron chi connectivity index (χ0n) is 15.8. The second-order valence-corrected chi connectivity index (χ2v) is 8.68. The van der Waals surface area contributed by atoms with Crippen LogP contribution in [0, 0.1) is 6.92 Å². The molecule has 0 bridgehead atoms. The van der Waals surface area contributed by atoms with Crippen molar-refractivity contribution in [2.75, 3.05) is 5.43 Å². The van der Waals surface area contributed by atoms with Crippen LogP contribution in [0.3, 0.4) is 0 Å². The van der Waals surface area contributed by atoms with Gasteiger partial charge in [-0.3, -0.25) is 5.43 Å². The molecule has 0 aliphatic rings. The fraction of sp³-hybridized carbons (Fsp3) is 0.0435. The van der Waals surface area contributed by atoms with Crippen molar-refractivity contribution in [2.24, 2.45) is 5.10 Å². The molecule has 0 saturated carbocycles. The summed E-state index contributed by atoms with van der Waals surface area (Å²) in [6.07, 6.45) is 0. The van der Waals surface area contributed by atoms with Crippen LogP contribution in [0.4, 0.5) is 5.13 Å². The monoisotopic (exact) mass is 451 g/mol. The number of nitrogens with zero attached hydrogens (tertiary/aromatic N) is 2. The Hall–Kier alpha value is -2.86. The normalized spacial score (nSPS) is 12.0. The Kier molecular flexibility index (Phi) is 4.95. The molecule has 30 heavy (non-hydrogen) atoms. The van der Waals surface area contributed by atoms with Gasteiger partial charge in [0, 0.05) is 27.1 Å². The highest BCUT2D eigenvalue weighted by molar-refractivity contribution is 7.22. The van der Waals surface area contributed by atoms with E-state index in [9.17, 15) is 0 Å². The van der Waals surface area contributed by atoms with Gasteiger partial charge < -0.3 is 4.42 Å². The van der Waals surface area contributed by atoms with E-state index in [1.807, 2.05) is 73.7 Å². The predicted octanol–water partition coefficient (Wildman–Crippen LogP) is 7.25. The predicted molar refractivity (Wildman–Crippen MR) is 125 cm³/mol. The first-order valence-electron chi connectivity index (χ1n) is 9.22. The summed E-state index contributed by atoms with van der Waals surface area (Å²) < 4.78 is 7.26. The SMILES string of the molecule is Cc1cc2oc(-c3ccc(Cl)cc3)cc(=NNc3nc4ccccc4s3)c2cc1Cl. The van der Waals surface area contributed by atoms with E-state index in [1.54, 1.807) is 11.3 Å². The van der Waals surface area contributed by atoms with E-state index in [1.165, 1.54) is 0 Å². The van der Waals surface area contributed by atoms with E-state index in [2.05, 4.69) is 15.5 Å². The van der Waals surface area contributed by atoms with Gasteiger partial charge >= 0.3 is 0 Å². The third kappa shape index (κ3) is 3.67. The molecule has 3 aromatic carbocycles. The molecule has 7 heteroatoms. The standard InChI is InChI=1S/C23H15Cl2N3OS/c1-13-10-21-16(11-17(13)25)19(12-20(29-21)14-6-8-15(24)9-7-14)27-28-23-26-18-4-2-3-5-22(18)30-23/h2-12H,1H3,(H,26,28). The summed E-state index contributed by atoms with van der Waals surface area (Å²) in [5, 5.41) is 8.21. The number of nitrogens with one attached hydrogen (secondary N) is 1. The first kappa shape index (κ1) is 19.1. The van der Waals surface area contributed by atoms with E-state index in [4.69, 9.17) is 27.6 Å². The number of rotatable bonds is 3. The van der Waals surface area contributed by atoms with E-state index >= 15 is 0 Å². The molecule has 4 nitrogen and oxygen atoms in total. The second kappa shape index (κ2) is 7.76. The molecule has 2 heterocycles. The van der Waals surface area contributed by atoms with Crippen molar-refractivity contribution < 1.29 is 4.42 Å². The molecule has 0 aliphatic carbocycles. The van der Waals surface area contributed by atoms with Gasteiger partial charge in [0.1, 0.15) is 11.3 Å². The van der Waals surface area contributed by atoms with E-state index in [0.29, 0.717) is 26.7 Å². The Labute approximate surface area is 186 Å². The van der Waals surface area contributed by atoms with Crippen molar-refractivity contribution in [3.05, 3.63) is 87.7 Å². The van der Waals surface area contributed by atoms with Crippen LogP contribution in [-0.2, 0) is 0 Å². The smallest absolute Gasteiger partial charge is 0.204 e. The van der Waals surface area contributed by atoms with Crippen molar-refractivity contribution in [1.82, 2.24) is 4.98 Å². The fourth-order valence-corrected chi connectivity index (χ4v) is 4.26. The third-order valence-corrected chi connectivity index (χ3v) is 6.32. The quantitative estimate of drug-likeness (QED) is 0.293. The molecule has 0 unspecified atom stereocenters. The number of thiazole rings is 1. The molecular weight excluding hydrogens is 437 g/mol. The number of para-hydroxylation sites is 1. The van der Waals surface area contributed by atoms with Gasteiger partial charge in [0.25, 0.3) is 0 Å². The summed E-state index contributed by atoms with van der Waals surface area (Å²) in [6.45, 7) is 1.95. The number of hydrogen-bond donors (Lipinski definition) is 1. The molecule has 5 aromatic rings. The minimum Gasteiger partial charge on any atom is -0.456 e. The van der Waals surface area contributed by atoms with Crippen LogP contribution in [0.2, 0.25) is 10.0 Å². The van der Waals surface area contributed by atoms with E-state index in [0.717, 1.165) is 31.9 Å². The number of fused-ring (bicyclic) bond motifs is 2. The van der Waals surface area contributed by atoms with Crippen LogP contribution >= 0.6 is 34.5 Å². The molecule has 0 aliphatic heterocycles. The lowest BCUT2D eigenvalue weighted by atomic mass is 10.1. The van der Waals surface area contributed by atoms with E-state index < -0.39 is 0 Å². The van der Waals surface area contributed by atoms with Gasteiger partial charge in [0.05, 0.1) is 15.6 Å². The zero-order chi connectivity index (χ0) is 20.7. The minimum atomic E-state index is 0.661. The number of anilines is 1. The number of aryl methyl sites for hydroxylation is 1. The van der Waals surface area contributed by atoms with Crippen molar-refractivity contribution in [3.8, 4) is 11.3 Å². The Bertz CT molecular complexity index is 1420. The molecule has 148 valence electrons. The molecule has 2 aromatic heterocycles. The van der Waals surface area contributed by atoms with Crippen LogP contribution in [-0.4, -0.2) is 4.98 Å². The fourth-order valence-electron chi connectivity index (χ4n) is 3.17. The third-order valence-electron chi connectivity index (χ3n) is 4.72. The summed E-state index contributed by atoms with van der Waals surface area (Å²) >= 11 is 14.0. The Morgan fingerprint density at radius 1 is 1.00 bits per heavy atom. The van der Waals surface area contributed by atoms with Gasteiger partial charge in [-0.05, 0) is 61.0 Å². The van der Waals surface area contributed by atoms with Crippen LogP contribution in [0.15, 0.2) is 76.2 Å². The summed E-state index contributed by atoms with van der Waals surface area (Å²) in [5.41, 5.74) is 6.58. The van der Waals surface area contributed by atoms with Crippen molar-refractivity contribution in [3.63, 3.8) is 0 Å². The summed E-state index contributed by atoms with van der Waals surface area (Å²) in [7, 11) is 0. The van der Waals surface area contributed by atoms with Crippen LogP contribution in [0.1, 0.15) is 5.56 Å². The number of aromatic nitrogens is 1. The molecule has 0 atom stereocenters. The first-order chi connectivity index (χ1) is 14.6. The summed E-state index contributed by atoms with van der Waals surface area (Å²) in [6, 6.07) is 21.2. The Balaban J connectivity index is 1.66. The summed E-state index contributed by atoms with van der Waals surface area (Å²) in [5.74, 6) is 0.686. The minimum absolute atomic E-state index is 0.661. The largest absolute Gasteiger partial charge is 0.456 e. The lowest BCUT2D eigenvalue weighted by molar-refractivity contribution is 0.618. The second-order valence-electron chi connectivity index (χ2n) is 6.81. The van der Waals surface area contributed by atoms with Gasteiger partial charge in [-0.15, -0.1) is 0 Å². The number of benzene rings is 3. The van der Waals surface area contributed by atoms with Gasteiger partial charge in [-0.1, -0.05) is 46.7 Å². The maximum atomic E-state index is 6.38. The lowest BCUT2D eigenvalue weighted by Gasteiger charge is -2.07. The van der Waals surface area contributed by atoms with Gasteiger partial charge in [0.2, 0.25) is 5.13 Å². The molecule has 0 saturated heterocycles. The molecular formula is C23H15Cl2N3OS. The molecule has 0 amide bonds. The molecule has 0 spiro atoms. The first-order valence-corrected chi connectivity index (χ1v) is 10.8. The average Bonchev–Trinajstić information content (AvgIpc) is 3.16. The maximum absolute atomic E-state index is 6.38. The lowest BCUT2D eigenvalue weighted by Crippen LogP contribution is -2.07. The van der Waals surface area contributed by atoms with Crippen LogP contribution in [0.25, 0.3) is 32.5 Å². The molecule has 5 rings (SSSR count). The Morgan fingerprint density at radius 3 is 2.60 bits per heavy atom. The maximum Gasteiger partial charge on any atom is 0.204 e. The van der Waals surface area contributed by atoms with Gasteiger partial charge in [-0.25, -0.2) is 4.98 Å².